The van der Waals surface area contributed by atoms with E-state index in [1.807, 2.05) is 13.0 Å². The van der Waals surface area contributed by atoms with Crippen LogP contribution in [0.5, 0.6) is 5.75 Å². The Hall–Kier alpha value is -2.34. The average molecular weight is 288 g/mol. The molecule has 0 bridgehead atoms. The summed E-state index contributed by atoms with van der Waals surface area (Å²) in [5, 5.41) is 1.04. The van der Waals surface area contributed by atoms with Crippen LogP contribution in [0, 0.1) is 6.92 Å². The molecule has 2 aromatic heterocycles. The maximum atomic E-state index is 12.5. The zero-order valence-corrected chi connectivity index (χ0v) is 11.8. The maximum absolute atomic E-state index is 12.5. The largest absolute Gasteiger partial charge is 0.497 e. The Bertz CT molecular complexity index is 905. The van der Waals surface area contributed by atoms with E-state index in [2.05, 4.69) is 4.98 Å². The van der Waals surface area contributed by atoms with Gasteiger partial charge in [-0.1, -0.05) is 0 Å². The number of ether oxygens (including phenoxy) is 1. The first-order valence-electron chi connectivity index (χ1n) is 6.00. The van der Waals surface area contributed by atoms with Gasteiger partial charge in [-0.25, -0.2) is 9.36 Å². The van der Waals surface area contributed by atoms with Crippen molar-refractivity contribution in [2.75, 3.05) is 7.11 Å². The molecule has 0 saturated heterocycles. The summed E-state index contributed by atoms with van der Waals surface area (Å²) in [5.74, 6) is 0.579. The fourth-order valence-corrected chi connectivity index (χ4v) is 2.92. The molecule has 0 unspecified atom stereocenters. The molecule has 0 saturated carbocycles. The van der Waals surface area contributed by atoms with Crippen LogP contribution in [-0.2, 0) is 0 Å². The highest BCUT2D eigenvalue weighted by atomic mass is 32.1. The molecule has 0 atom stereocenters. The van der Waals surface area contributed by atoms with Crippen LogP contribution < -0.4 is 16.0 Å². The Morgan fingerprint density at radius 1 is 1.20 bits per heavy atom. The van der Waals surface area contributed by atoms with Crippen LogP contribution in [0.4, 0.5) is 0 Å². The van der Waals surface area contributed by atoms with Gasteiger partial charge >= 0.3 is 5.69 Å². The molecule has 0 spiro atoms. The van der Waals surface area contributed by atoms with Gasteiger partial charge in [0.2, 0.25) is 0 Å². The Kier molecular flexibility index (Phi) is 2.94. The molecule has 1 aromatic carbocycles. The Balaban J connectivity index is 2.38. The van der Waals surface area contributed by atoms with E-state index >= 15 is 0 Å². The fourth-order valence-electron chi connectivity index (χ4n) is 2.06. The van der Waals surface area contributed by atoms with Gasteiger partial charge in [-0.15, -0.1) is 11.3 Å². The van der Waals surface area contributed by atoms with Gasteiger partial charge < -0.3 is 9.72 Å². The van der Waals surface area contributed by atoms with Crippen molar-refractivity contribution in [2.24, 2.45) is 0 Å². The summed E-state index contributed by atoms with van der Waals surface area (Å²) < 4.78 is 6.27. The second-order valence-electron chi connectivity index (χ2n) is 4.37. The molecule has 1 N–H and O–H groups in total. The lowest BCUT2D eigenvalue weighted by atomic mass is 10.2. The van der Waals surface area contributed by atoms with Crippen LogP contribution in [0.2, 0.25) is 0 Å². The minimum atomic E-state index is -0.436. The lowest BCUT2D eigenvalue weighted by Crippen LogP contribution is -2.32. The van der Waals surface area contributed by atoms with Crippen LogP contribution in [0.15, 0.2) is 39.9 Å². The third-order valence-corrected chi connectivity index (χ3v) is 4.04. The predicted molar refractivity (Wildman–Crippen MR) is 79.3 cm³/mol. The molecule has 0 aliphatic carbocycles. The van der Waals surface area contributed by atoms with E-state index in [1.54, 1.807) is 24.3 Å². The van der Waals surface area contributed by atoms with Gasteiger partial charge in [0.1, 0.15) is 10.8 Å². The molecule has 2 heterocycles. The van der Waals surface area contributed by atoms with Crippen LogP contribution >= 0.6 is 11.3 Å². The van der Waals surface area contributed by atoms with Crippen LogP contribution in [0.25, 0.3) is 15.9 Å². The number of hydrogen-bond donors (Lipinski definition) is 1. The summed E-state index contributed by atoms with van der Waals surface area (Å²) >= 11 is 1.40. The number of aryl methyl sites for hydroxylation is 1. The Labute approximate surface area is 118 Å². The normalized spacial score (nSPS) is 10.9. The Morgan fingerprint density at radius 2 is 2.00 bits per heavy atom. The van der Waals surface area contributed by atoms with Crippen LogP contribution in [-0.4, -0.2) is 16.7 Å². The van der Waals surface area contributed by atoms with Crippen molar-refractivity contribution in [2.45, 2.75) is 6.92 Å². The van der Waals surface area contributed by atoms with Gasteiger partial charge in [0, 0.05) is 4.88 Å². The lowest BCUT2D eigenvalue weighted by Gasteiger charge is -2.05. The third-order valence-electron chi connectivity index (χ3n) is 3.05. The number of methoxy groups -OCH3 is 1. The summed E-state index contributed by atoms with van der Waals surface area (Å²) in [6, 6.07) is 8.65. The van der Waals surface area contributed by atoms with Gasteiger partial charge in [-0.3, -0.25) is 4.79 Å². The minimum Gasteiger partial charge on any atom is -0.497 e. The molecular formula is C14H12N2O3S. The monoisotopic (exact) mass is 288 g/mol. The Morgan fingerprint density at radius 3 is 2.65 bits per heavy atom. The highest BCUT2D eigenvalue weighted by Gasteiger charge is 2.11. The maximum Gasteiger partial charge on any atom is 0.334 e. The summed E-state index contributed by atoms with van der Waals surface area (Å²) in [4.78, 5) is 28.4. The zero-order valence-electron chi connectivity index (χ0n) is 11.0. The molecule has 0 aliphatic heterocycles. The molecule has 0 aliphatic rings. The van der Waals surface area contributed by atoms with Crippen molar-refractivity contribution in [3.05, 3.63) is 56.0 Å². The summed E-state index contributed by atoms with van der Waals surface area (Å²) in [7, 11) is 1.54. The van der Waals surface area contributed by atoms with Crippen molar-refractivity contribution in [1.29, 1.82) is 0 Å². The van der Waals surface area contributed by atoms with Gasteiger partial charge in [0.05, 0.1) is 18.0 Å². The van der Waals surface area contributed by atoms with Crippen molar-refractivity contribution in [3.8, 4) is 10.8 Å². The number of rotatable bonds is 2. The summed E-state index contributed by atoms with van der Waals surface area (Å²) in [6.45, 7) is 1.93. The van der Waals surface area contributed by atoms with E-state index < -0.39 is 5.69 Å². The molecule has 6 heteroatoms. The molecular weight excluding hydrogens is 276 g/mol. The first-order chi connectivity index (χ1) is 9.60. The van der Waals surface area contributed by atoms with Gasteiger partial charge in [-0.05, 0) is 37.3 Å². The zero-order chi connectivity index (χ0) is 14.3. The van der Waals surface area contributed by atoms with E-state index in [4.69, 9.17) is 4.74 Å². The average Bonchev–Trinajstić information content (AvgIpc) is 2.85. The summed E-state index contributed by atoms with van der Waals surface area (Å²) in [5.41, 5.74) is -0.274. The minimum absolute atomic E-state index is 0.343. The van der Waals surface area contributed by atoms with E-state index in [0.29, 0.717) is 21.7 Å². The van der Waals surface area contributed by atoms with Crippen LogP contribution in [0.1, 0.15) is 4.88 Å². The van der Waals surface area contributed by atoms with E-state index in [1.165, 1.54) is 18.4 Å². The first kappa shape index (κ1) is 12.7. The van der Waals surface area contributed by atoms with Gasteiger partial charge in [0.25, 0.3) is 5.56 Å². The molecule has 102 valence electrons. The van der Waals surface area contributed by atoms with Crippen molar-refractivity contribution in [3.63, 3.8) is 0 Å². The number of hydrogen-bond acceptors (Lipinski definition) is 4. The van der Waals surface area contributed by atoms with Crippen LogP contribution in [0.3, 0.4) is 0 Å². The SMILES string of the molecule is COc1ccc2[nH]c(=O)n(-c3ccc(C)s3)c(=O)c2c1. The molecule has 3 aromatic rings. The lowest BCUT2D eigenvalue weighted by molar-refractivity contribution is 0.415. The smallest absolute Gasteiger partial charge is 0.334 e. The molecule has 3 rings (SSSR count). The van der Waals surface area contributed by atoms with Crippen molar-refractivity contribution < 1.29 is 4.74 Å². The highest BCUT2D eigenvalue weighted by molar-refractivity contribution is 7.14. The predicted octanol–water partition coefficient (Wildman–Crippen LogP) is 2.06. The van der Waals surface area contributed by atoms with Gasteiger partial charge in [-0.2, -0.15) is 0 Å². The first-order valence-corrected chi connectivity index (χ1v) is 6.81. The fraction of sp³-hybridized carbons (Fsp3) is 0.143. The molecule has 20 heavy (non-hydrogen) atoms. The van der Waals surface area contributed by atoms with Crippen molar-refractivity contribution >= 4 is 22.2 Å². The number of nitrogens with zero attached hydrogens (tertiary/aromatic N) is 1. The number of benzene rings is 1. The molecule has 5 nitrogen and oxygen atoms in total. The third kappa shape index (κ3) is 1.94. The van der Waals surface area contributed by atoms with E-state index in [-0.39, 0.29) is 5.56 Å². The summed E-state index contributed by atoms with van der Waals surface area (Å²) in [6.07, 6.45) is 0. The quantitative estimate of drug-likeness (QED) is 0.785. The number of thiophene rings is 1. The van der Waals surface area contributed by atoms with E-state index in [9.17, 15) is 9.59 Å². The molecule has 0 fully saturated rings. The standard InChI is InChI=1S/C14H12N2O3S/c1-8-3-6-12(20-8)16-13(17)10-7-9(19-2)4-5-11(10)15-14(16)18/h3-7H,1-2H3,(H,15,18). The van der Waals surface area contributed by atoms with Crippen molar-refractivity contribution in [1.82, 2.24) is 9.55 Å². The number of H-pyrrole nitrogens is 1. The second kappa shape index (κ2) is 4.64. The molecule has 0 amide bonds. The van der Waals surface area contributed by atoms with E-state index in [0.717, 1.165) is 9.44 Å². The molecule has 0 radical (unpaired) electrons. The number of aromatic amines is 1. The topological polar surface area (TPSA) is 64.1 Å². The number of nitrogens with one attached hydrogen (secondary N) is 1. The second-order valence-corrected chi connectivity index (χ2v) is 5.63. The number of aromatic nitrogens is 2. The van der Waals surface area contributed by atoms with Gasteiger partial charge in [0.15, 0.2) is 0 Å². The highest BCUT2D eigenvalue weighted by Crippen LogP contribution is 2.19. The number of fused-ring (bicyclic) bond motifs is 1.